The van der Waals surface area contributed by atoms with Crippen LogP contribution in [-0.4, -0.2) is 21.0 Å². The van der Waals surface area contributed by atoms with Crippen LogP contribution in [0.4, 0.5) is 0 Å². The highest BCUT2D eigenvalue weighted by Crippen LogP contribution is 2.32. The van der Waals surface area contributed by atoms with Crippen molar-refractivity contribution in [3.63, 3.8) is 0 Å². The summed E-state index contributed by atoms with van der Waals surface area (Å²) in [6.45, 7) is 3.31. The minimum atomic E-state index is 0.473. The Morgan fingerprint density at radius 2 is 1.96 bits per heavy atom. The number of hydrogen-bond donors (Lipinski definition) is 0. The molecule has 0 radical (unpaired) electrons. The van der Waals surface area contributed by atoms with Crippen LogP contribution in [0.15, 0.2) is 53.3 Å². The molecule has 0 atom stereocenters. The molecule has 0 saturated carbocycles. The second-order valence-corrected chi connectivity index (χ2v) is 8.10. The third-order valence-electron chi connectivity index (χ3n) is 5.00. The zero-order valence-electron chi connectivity index (χ0n) is 15.2. The van der Waals surface area contributed by atoms with E-state index in [4.69, 9.17) is 16.3 Å². The van der Waals surface area contributed by atoms with E-state index in [0.717, 1.165) is 47.1 Å². The van der Waals surface area contributed by atoms with E-state index in [9.17, 15) is 0 Å². The Bertz CT molecular complexity index is 939. The minimum absolute atomic E-state index is 0.473. The van der Waals surface area contributed by atoms with Gasteiger partial charge in [0.05, 0.1) is 0 Å². The van der Waals surface area contributed by atoms with Crippen molar-refractivity contribution in [1.82, 2.24) is 14.5 Å². The molecule has 6 heteroatoms. The van der Waals surface area contributed by atoms with Gasteiger partial charge in [-0.25, -0.2) is 4.98 Å². The van der Waals surface area contributed by atoms with Gasteiger partial charge >= 0.3 is 0 Å². The zero-order chi connectivity index (χ0) is 18.8. The number of fused-ring (bicyclic) bond motifs is 1. The summed E-state index contributed by atoms with van der Waals surface area (Å²) in [5, 5.41) is 0.877. The average Bonchev–Trinajstić information content (AvgIpc) is 3.09. The molecule has 0 spiro atoms. The third kappa shape index (κ3) is 4.21. The van der Waals surface area contributed by atoms with Gasteiger partial charge in [0.15, 0.2) is 0 Å². The molecule has 0 saturated heterocycles. The van der Waals surface area contributed by atoms with Crippen molar-refractivity contribution >= 4 is 27.5 Å². The van der Waals surface area contributed by atoms with E-state index in [1.165, 1.54) is 16.7 Å². The van der Waals surface area contributed by atoms with Crippen LogP contribution in [0.5, 0.6) is 5.75 Å². The van der Waals surface area contributed by atoms with E-state index in [0.29, 0.717) is 6.61 Å². The fourth-order valence-electron chi connectivity index (χ4n) is 3.42. The lowest BCUT2D eigenvalue weighted by atomic mass is 9.99. The molecule has 2 aromatic carbocycles. The molecule has 2 heterocycles. The molecule has 0 fully saturated rings. The summed E-state index contributed by atoms with van der Waals surface area (Å²) in [6.07, 6.45) is 4.69. The number of benzene rings is 2. The van der Waals surface area contributed by atoms with Crippen molar-refractivity contribution in [3.8, 4) is 5.75 Å². The lowest BCUT2D eigenvalue weighted by Crippen LogP contribution is -2.30. The lowest BCUT2D eigenvalue weighted by Gasteiger charge is -2.30. The predicted molar refractivity (Wildman–Crippen MR) is 111 cm³/mol. The third-order valence-corrected chi connectivity index (χ3v) is 6.09. The lowest BCUT2D eigenvalue weighted by molar-refractivity contribution is 0.244. The maximum atomic E-state index is 6.36. The normalized spacial score (nSPS) is 14.2. The molecule has 27 heavy (non-hydrogen) atoms. The van der Waals surface area contributed by atoms with Gasteiger partial charge in [-0.1, -0.05) is 39.7 Å². The van der Waals surface area contributed by atoms with Gasteiger partial charge in [0, 0.05) is 48.6 Å². The maximum absolute atomic E-state index is 6.36. The molecular formula is C21H21BrClN3O. The van der Waals surface area contributed by atoms with E-state index in [2.05, 4.69) is 37.9 Å². The summed E-state index contributed by atoms with van der Waals surface area (Å²) in [6, 6.07) is 12.3. The van der Waals surface area contributed by atoms with E-state index < -0.39 is 0 Å². The van der Waals surface area contributed by atoms with Gasteiger partial charge < -0.3 is 9.30 Å². The summed E-state index contributed by atoms with van der Waals surface area (Å²) >= 11 is 10.0. The number of ether oxygens (including phenoxy) is 1. The molecule has 4 nitrogen and oxygen atoms in total. The number of aryl methyl sites for hydroxylation is 1. The highest BCUT2D eigenvalue weighted by Gasteiger charge is 2.20. The number of rotatable bonds is 5. The van der Waals surface area contributed by atoms with Gasteiger partial charge in [0.1, 0.15) is 18.2 Å². The first-order valence-corrected chi connectivity index (χ1v) is 10.1. The summed E-state index contributed by atoms with van der Waals surface area (Å²) in [5.41, 5.74) is 3.87. The second-order valence-electron chi connectivity index (χ2n) is 6.83. The number of hydrogen-bond acceptors (Lipinski definition) is 3. The van der Waals surface area contributed by atoms with Crippen molar-refractivity contribution in [3.05, 3.63) is 80.8 Å². The van der Waals surface area contributed by atoms with Crippen molar-refractivity contribution in [2.75, 3.05) is 6.54 Å². The van der Waals surface area contributed by atoms with Gasteiger partial charge in [-0.2, -0.15) is 0 Å². The highest BCUT2D eigenvalue weighted by atomic mass is 79.9. The molecule has 0 bridgehead atoms. The molecule has 4 rings (SSSR count). The van der Waals surface area contributed by atoms with Crippen molar-refractivity contribution in [2.24, 2.45) is 7.05 Å². The maximum Gasteiger partial charge on any atom is 0.146 e. The summed E-state index contributed by atoms with van der Waals surface area (Å²) < 4.78 is 8.94. The van der Waals surface area contributed by atoms with Gasteiger partial charge in [-0.15, -0.1) is 0 Å². The molecule has 0 unspecified atom stereocenters. The minimum Gasteiger partial charge on any atom is -0.486 e. The van der Waals surface area contributed by atoms with Crippen molar-refractivity contribution < 1.29 is 4.74 Å². The number of nitrogens with zero attached hydrogens (tertiary/aromatic N) is 3. The number of halogens is 2. The monoisotopic (exact) mass is 445 g/mol. The molecule has 0 amide bonds. The molecule has 140 valence electrons. The molecule has 1 aromatic heterocycles. The van der Waals surface area contributed by atoms with E-state index in [-0.39, 0.29) is 0 Å². The highest BCUT2D eigenvalue weighted by molar-refractivity contribution is 9.10. The van der Waals surface area contributed by atoms with Crippen LogP contribution in [0.3, 0.4) is 0 Å². The summed E-state index contributed by atoms with van der Waals surface area (Å²) in [5.74, 6) is 1.77. The van der Waals surface area contributed by atoms with Crippen LogP contribution < -0.4 is 4.74 Å². The smallest absolute Gasteiger partial charge is 0.146 e. The van der Waals surface area contributed by atoms with Gasteiger partial charge in [0.25, 0.3) is 0 Å². The Balaban J connectivity index is 1.37. The van der Waals surface area contributed by atoms with Crippen LogP contribution in [0.1, 0.15) is 22.5 Å². The first kappa shape index (κ1) is 18.5. The quantitative estimate of drug-likeness (QED) is 0.554. The van der Waals surface area contributed by atoms with Crippen LogP contribution in [0.25, 0.3) is 0 Å². The molecule has 0 N–H and O–H groups in total. The molecule has 1 aliphatic heterocycles. The summed E-state index contributed by atoms with van der Waals surface area (Å²) in [4.78, 5) is 6.73. The molecular weight excluding hydrogens is 426 g/mol. The van der Waals surface area contributed by atoms with E-state index >= 15 is 0 Å². The van der Waals surface area contributed by atoms with Gasteiger partial charge in [-0.3, -0.25) is 4.90 Å². The van der Waals surface area contributed by atoms with Crippen molar-refractivity contribution in [2.45, 2.75) is 26.1 Å². The fourth-order valence-corrected chi connectivity index (χ4v) is 4.19. The molecule has 3 aromatic rings. The second kappa shape index (κ2) is 8.05. The average molecular weight is 447 g/mol. The predicted octanol–water partition coefficient (Wildman–Crippen LogP) is 4.97. The van der Waals surface area contributed by atoms with E-state index in [1.54, 1.807) is 6.20 Å². The Hall–Kier alpha value is -1.82. The fraction of sp³-hybridized carbons (Fsp3) is 0.286. The van der Waals surface area contributed by atoms with Crippen LogP contribution in [0, 0.1) is 0 Å². The molecule has 0 aliphatic carbocycles. The Labute approximate surface area is 172 Å². The Morgan fingerprint density at radius 3 is 2.70 bits per heavy atom. The van der Waals surface area contributed by atoms with Crippen LogP contribution in [-0.2, 0) is 33.2 Å². The van der Waals surface area contributed by atoms with Crippen LogP contribution in [0.2, 0.25) is 5.02 Å². The topological polar surface area (TPSA) is 30.3 Å². The van der Waals surface area contributed by atoms with Crippen LogP contribution >= 0.6 is 27.5 Å². The number of aromatic nitrogens is 2. The standard InChI is InChI=1S/C21H21BrClN3O/c1-25-11-9-24-21(25)14-27-16-4-2-15(3-5-16)12-26-10-8-17-18(13-26)19(22)6-7-20(17)23/h2-7,9,11H,8,10,12-14H2,1H3. The van der Waals surface area contributed by atoms with Gasteiger partial charge in [-0.05, 0) is 47.4 Å². The molecule has 1 aliphatic rings. The SMILES string of the molecule is Cn1ccnc1COc1ccc(CN2CCc3c(Cl)ccc(Br)c3C2)cc1. The number of imidazole rings is 1. The van der Waals surface area contributed by atoms with Crippen molar-refractivity contribution in [1.29, 1.82) is 0 Å². The first-order valence-electron chi connectivity index (χ1n) is 8.96. The Kier molecular flexibility index (Phi) is 5.53. The Morgan fingerprint density at radius 1 is 1.15 bits per heavy atom. The van der Waals surface area contributed by atoms with E-state index in [1.807, 2.05) is 42.1 Å². The summed E-state index contributed by atoms with van der Waals surface area (Å²) in [7, 11) is 1.97. The largest absolute Gasteiger partial charge is 0.486 e. The first-order chi connectivity index (χ1) is 13.1. The van der Waals surface area contributed by atoms with Gasteiger partial charge in [0.2, 0.25) is 0 Å². The zero-order valence-corrected chi connectivity index (χ0v) is 17.5.